The molecule has 0 saturated carbocycles. The van der Waals surface area contributed by atoms with Crippen LogP contribution in [0.1, 0.15) is 29.6 Å². The Kier molecular flexibility index (Phi) is 5.38. The van der Waals surface area contributed by atoms with E-state index in [2.05, 4.69) is 20.2 Å². The number of hydrogen-bond donors (Lipinski definition) is 2. The smallest absolute Gasteiger partial charge is 0.266 e. The van der Waals surface area contributed by atoms with Crippen LogP contribution in [0.25, 0.3) is 11.3 Å². The van der Waals surface area contributed by atoms with Crippen LogP contribution in [-0.2, 0) is 0 Å². The summed E-state index contributed by atoms with van der Waals surface area (Å²) in [5.41, 5.74) is 1.83. The number of hydrogen-bond acceptors (Lipinski definition) is 4. The van der Waals surface area contributed by atoms with Crippen LogP contribution in [0.5, 0.6) is 0 Å². The van der Waals surface area contributed by atoms with Crippen LogP contribution in [0.2, 0.25) is 0 Å². The lowest BCUT2D eigenvalue weighted by molar-refractivity contribution is 0.0946. The minimum Gasteiger partial charge on any atom is -0.351 e. The molecule has 2 N–H and O–H groups in total. The van der Waals surface area contributed by atoms with Crippen LogP contribution in [0.3, 0.4) is 0 Å². The highest BCUT2D eigenvalue weighted by molar-refractivity contribution is 5.94. The molecule has 126 valence electrons. The van der Waals surface area contributed by atoms with Crippen LogP contribution in [0, 0.1) is 0 Å². The topological polar surface area (TPSA) is 78.1 Å². The van der Waals surface area contributed by atoms with E-state index in [4.69, 9.17) is 0 Å². The van der Waals surface area contributed by atoms with Gasteiger partial charge < -0.3 is 15.2 Å². The van der Waals surface area contributed by atoms with Crippen molar-refractivity contribution in [2.24, 2.45) is 0 Å². The minimum atomic E-state index is -0.243. The molecule has 1 aliphatic rings. The van der Waals surface area contributed by atoms with E-state index >= 15 is 0 Å². The van der Waals surface area contributed by atoms with Crippen LogP contribution >= 0.6 is 0 Å². The first-order chi connectivity index (χ1) is 11.7. The normalized spacial score (nSPS) is 15.2. The summed E-state index contributed by atoms with van der Waals surface area (Å²) in [5, 5.41) is 2.96. The van der Waals surface area contributed by atoms with Crippen LogP contribution in [0.4, 0.5) is 0 Å². The Bertz CT molecular complexity index is 733. The van der Waals surface area contributed by atoms with Crippen molar-refractivity contribution >= 4 is 5.91 Å². The van der Waals surface area contributed by atoms with Gasteiger partial charge in [-0.3, -0.25) is 14.6 Å². The summed E-state index contributed by atoms with van der Waals surface area (Å²) in [4.78, 5) is 32.5. The van der Waals surface area contributed by atoms with E-state index in [0.717, 1.165) is 25.2 Å². The first-order valence-corrected chi connectivity index (χ1v) is 8.38. The zero-order chi connectivity index (χ0) is 16.8. The van der Waals surface area contributed by atoms with Crippen molar-refractivity contribution in [1.82, 2.24) is 20.2 Å². The number of likely N-dealkylation sites (tertiary alicyclic amines) is 1. The molecule has 2 heterocycles. The number of piperidine rings is 1. The highest BCUT2D eigenvalue weighted by Crippen LogP contribution is 2.15. The second-order valence-electron chi connectivity index (χ2n) is 6.05. The molecular formula is C18H22N4O2. The molecule has 1 fully saturated rings. The summed E-state index contributed by atoms with van der Waals surface area (Å²) < 4.78 is 0. The van der Waals surface area contributed by atoms with Gasteiger partial charge in [-0.1, -0.05) is 18.6 Å². The molecule has 1 aromatic heterocycles. The fourth-order valence-electron chi connectivity index (χ4n) is 2.94. The third kappa shape index (κ3) is 4.29. The number of aromatic nitrogens is 2. The number of nitrogens with one attached hydrogen (secondary N) is 2. The van der Waals surface area contributed by atoms with E-state index in [1.165, 1.54) is 25.5 Å². The van der Waals surface area contributed by atoms with Crippen molar-refractivity contribution in [2.45, 2.75) is 19.3 Å². The second-order valence-corrected chi connectivity index (χ2v) is 6.05. The molecule has 6 heteroatoms. The molecule has 24 heavy (non-hydrogen) atoms. The van der Waals surface area contributed by atoms with Crippen molar-refractivity contribution < 1.29 is 4.79 Å². The van der Waals surface area contributed by atoms with E-state index in [0.29, 0.717) is 17.8 Å². The highest BCUT2D eigenvalue weighted by atomic mass is 16.1. The zero-order valence-corrected chi connectivity index (χ0v) is 13.6. The molecule has 1 aliphatic heterocycles. The number of aromatic amines is 1. The quantitative estimate of drug-likeness (QED) is 0.876. The number of nitrogens with zero attached hydrogens (tertiary/aromatic N) is 2. The number of rotatable bonds is 5. The van der Waals surface area contributed by atoms with Crippen LogP contribution in [0.15, 0.2) is 41.5 Å². The lowest BCUT2D eigenvalue weighted by atomic mass is 10.1. The van der Waals surface area contributed by atoms with E-state index in [9.17, 15) is 9.59 Å². The number of amides is 1. The first-order valence-electron chi connectivity index (χ1n) is 8.38. The predicted molar refractivity (Wildman–Crippen MR) is 92.9 cm³/mol. The lowest BCUT2D eigenvalue weighted by Crippen LogP contribution is -2.37. The van der Waals surface area contributed by atoms with Gasteiger partial charge >= 0.3 is 0 Å². The standard InChI is InChI=1S/C18H22N4O2/c23-17-13-19-12-16(21-17)14-4-6-15(7-5-14)18(24)20-8-11-22-9-2-1-3-10-22/h4-7,12-13H,1-3,8-11H2,(H,20,24)(H,21,23). The van der Waals surface area contributed by atoms with Gasteiger partial charge in [-0.05, 0) is 43.6 Å². The molecule has 0 unspecified atom stereocenters. The van der Waals surface area contributed by atoms with Gasteiger partial charge in [0.05, 0.1) is 18.1 Å². The SMILES string of the molecule is O=C(NCCN1CCCCC1)c1ccc(-c2cncc(=O)[nH]2)cc1. The molecule has 2 aromatic rings. The highest BCUT2D eigenvalue weighted by Gasteiger charge is 2.11. The zero-order valence-electron chi connectivity index (χ0n) is 13.6. The van der Waals surface area contributed by atoms with Crippen molar-refractivity contribution in [2.75, 3.05) is 26.2 Å². The largest absolute Gasteiger partial charge is 0.351 e. The lowest BCUT2D eigenvalue weighted by Gasteiger charge is -2.26. The summed E-state index contributed by atoms with van der Waals surface area (Å²) in [6.45, 7) is 3.83. The van der Waals surface area contributed by atoms with Crippen molar-refractivity contribution in [3.63, 3.8) is 0 Å². The summed E-state index contributed by atoms with van der Waals surface area (Å²) in [6.07, 6.45) is 6.65. The molecule has 0 spiro atoms. The Morgan fingerprint density at radius 3 is 2.58 bits per heavy atom. The molecule has 0 bridgehead atoms. The summed E-state index contributed by atoms with van der Waals surface area (Å²) >= 11 is 0. The molecule has 3 rings (SSSR count). The minimum absolute atomic E-state index is 0.0711. The predicted octanol–water partition coefficient (Wildman–Crippen LogP) is 1.65. The van der Waals surface area contributed by atoms with Gasteiger partial charge in [0.1, 0.15) is 0 Å². The Balaban J connectivity index is 1.54. The molecule has 1 saturated heterocycles. The number of carbonyl (C=O) groups excluding carboxylic acids is 1. The van der Waals surface area contributed by atoms with E-state index < -0.39 is 0 Å². The van der Waals surface area contributed by atoms with E-state index in [1.807, 2.05) is 12.1 Å². The molecule has 1 aromatic carbocycles. The monoisotopic (exact) mass is 326 g/mol. The summed E-state index contributed by atoms with van der Waals surface area (Å²) in [5.74, 6) is -0.0711. The van der Waals surface area contributed by atoms with Gasteiger partial charge in [-0.15, -0.1) is 0 Å². The number of carbonyl (C=O) groups is 1. The number of H-pyrrole nitrogens is 1. The summed E-state index contributed by atoms with van der Waals surface area (Å²) in [6, 6.07) is 7.15. The third-order valence-corrected chi connectivity index (χ3v) is 4.27. The molecule has 1 amide bonds. The van der Waals surface area contributed by atoms with E-state index in [-0.39, 0.29) is 11.5 Å². The fourth-order valence-corrected chi connectivity index (χ4v) is 2.94. The maximum absolute atomic E-state index is 12.2. The van der Waals surface area contributed by atoms with Gasteiger partial charge in [0, 0.05) is 18.7 Å². The molecule has 0 radical (unpaired) electrons. The van der Waals surface area contributed by atoms with Gasteiger partial charge in [0.2, 0.25) is 0 Å². The van der Waals surface area contributed by atoms with Gasteiger partial charge in [0.15, 0.2) is 0 Å². The van der Waals surface area contributed by atoms with Crippen LogP contribution in [-0.4, -0.2) is 47.0 Å². The third-order valence-electron chi connectivity index (χ3n) is 4.27. The molecular weight excluding hydrogens is 304 g/mol. The maximum atomic E-state index is 12.2. The Morgan fingerprint density at radius 1 is 1.12 bits per heavy atom. The van der Waals surface area contributed by atoms with Crippen molar-refractivity contribution in [3.05, 3.63) is 52.6 Å². The molecule has 6 nitrogen and oxygen atoms in total. The van der Waals surface area contributed by atoms with Crippen LogP contribution < -0.4 is 10.9 Å². The van der Waals surface area contributed by atoms with Gasteiger partial charge in [0.25, 0.3) is 11.5 Å². The van der Waals surface area contributed by atoms with Crippen molar-refractivity contribution in [1.29, 1.82) is 0 Å². The number of benzene rings is 1. The second kappa shape index (κ2) is 7.88. The average molecular weight is 326 g/mol. The Hall–Kier alpha value is -2.47. The first kappa shape index (κ1) is 16.4. The Morgan fingerprint density at radius 2 is 1.88 bits per heavy atom. The molecule has 0 aliphatic carbocycles. The van der Waals surface area contributed by atoms with E-state index in [1.54, 1.807) is 18.3 Å². The molecule has 0 atom stereocenters. The van der Waals surface area contributed by atoms with Gasteiger partial charge in [-0.25, -0.2) is 0 Å². The maximum Gasteiger partial charge on any atom is 0.266 e. The van der Waals surface area contributed by atoms with Gasteiger partial charge in [-0.2, -0.15) is 0 Å². The Labute approximate surface area is 140 Å². The average Bonchev–Trinajstić information content (AvgIpc) is 2.63. The van der Waals surface area contributed by atoms with Crippen molar-refractivity contribution in [3.8, 4) is 11.3 Å². The summed E-state index contributed by atoms with van der Waals surface area (Å²) in [7, 11) is 0. The fraction of sp³-hybridized carbons (Fsp3) is 0.389.